The van der Waals surface area contributed by atoms with Crippen molar-refractivity contribution < 1.29 is 9.53 Å². The van der Waals surface area contributed by atoms with Gasteiger partial charge >= 0.3 is 5.97 Å². The molecule has 1 aromatic heterocycles. The molecular formula is C15H16BrN3O2. The van der Waals surface area contributed by atoms with Crippen molar-refractivity contribution in [3.63, 3.8) is 0 Å². The molecule has 0 aliphatic heterocycles. The molecule has 2 aromatic rings. The lowest BCUT2D eigenvalue weighted by atomic mass is 10.2. The van der Waals surface area contributed by atoms with Gasteiger partial charge in [0.25, 0.3) is 0 Å². The van der Waals surface area contributed by atoms with E-state index in [1.54, 1.807) is 13.0 Å². The number of pyridine rings is 1. The van der Waals surface area contributed by atoms with E-state index in [4.69, 9.17) is 10.5 Å². The number of aromatic nitrogens is 1. The average Bonchev–Trinajstić information content (AvgIpc) is 2.45. The van der Waals surface area contributed by atoms with Crippen molar-refractivity contribution in [1.82, 2.24) is 4.98 Å². The number of halogens is 1. The number of nitrogens with one attached hydrogen (secondary N) is 1. The van der Waals surface area contributed by atoms with Crippen LogP contribution in [0.25, 0.3) is 0 Å². The molecule has 0 saturated carbocycles. The molecule has 0 spiro atoms. The summed E-state index contributed by atoms with van der Waals surface area (Å²) in [7, 11) is 0. The maximum absolute atomic E-state index is 11.8. The number of carbonyl (C=O) groups excluding carboxylic acids is 1. The molecule has 0 radical (unpaired) electrons. The van der Waals surface area contributed by atoms with Gasteiger partial charge in [-0.2, -0.15) is 0 Å². The highest BCUT2D eigenvalue weighted by Crippen LogP contribution is 2.24. The molecule has 0 atom stereocenters. The Bertz CT molecular complexity index is 674. The summed E-state index contributed by atoms with van der Waals surface area (Å²) in [5.41, 5.74) is 8.36. The SMILES string of the molecule is CCOC(=O)c1cc(Nc2ccc(C)c(Br)c2)ncc1N. The largest absolute Gasteiger partial charge is 0.462 e. The van der Waals surface area contributed by atoms with Crippen LogP contribution in [0.2, 0.25) is 0 Å². The molecule has 2 rings (SSSR count). The third-order valence-corrected chi connectivity index (χ3v) is 3.73. The Morgan fingerprint density at radius 2 is 2.19 bits per heavy atom. The van der Waals surface area contributed by atoms with Gasteiger partial charge in [0.1, 0.15) is 5.82 Å². The van der Waals surface area contributed by atoms with Crippen LogP contribution in [0.5, 0.6) is 0 Å². The zero-order valence-corrected chi connectivity index (χ0v) is 13.4. The maximum atomic E-state index is 11.8. The first-order chi connectivity index (χ1) is 10.0. The van der Waals surface area contributed by atoms with E-state index in [-0.39, 0.29) is 0 Å². The van der Waals surface area contributed by atoms with Gasteiger partial charge in [-0.3, -0.25) is 0 Å². The molecule has 6 heteroatoms. The van der Waals surface area contributed by atoms with E-state index in [2.05, 4.69) is 26.2 Å². The van der Waals surface area contributed by atoms with Gasteiger partial charge in [0.15, 0.2) is 0 Å². The minimum absolute atomic E-state index is 0.295. The summed E-state index contributed by atoms with van der Waals surface area (Å²) in [5, 5.41) is 3.13. The second kappa shape index (κ2) is 6.58. The molecule has 3 N–H and O–H groups in total. The van der Waals surface area contributed by atoms with Crippen molar-refractivity contribution in [3.05, 3.63) is 46.1 Å². The Hall–Kier alpha value is -2.08. The molecule has 0 saturated heterocycles. The Kier molecular flexibility index (Phi) is 4.80. The fraction of sp³-hybridized carbons (Fsp3) is 0.200. The molecule has 1 heterocycles. The van der Waals surface area contributed by atoms with Crippen molar-refractivity contribution in [1.29, 1.82) is 0 Å². The van der Waals surface area contributed by atoms with E-state index in [9.17, 15) is 4.79 Å². The van der Waals surface area contributed by atoms with Gasteiger partial charge in [0, 0.05) is 10.2 Å². The molecule has 1 aromatic carbocycles. The number of anilines is 3. The zero-order chi connectivity index (χ0) is 15.4. The van der Waals surface area contributed by atoms with Crippen LogP contribution >= 0.6 is 15.9 Å². The van der Waals surface area contributed by atoms with E-state index in [0.29, 0.717) is 23.7 Å². The molecule has 0 bridgehead atoms. The maximum Gasteiger partial charge on any atom is 0.340 e. The molecule has 0 unspecified atom stereocenters. The van der Waals surface area contributed by atoms with Gasteiger partial charge < -0.3 is 15.8 Å². The first-order valence-electron chi connectivity index (χ1n) is 6.47. The summed E-state index contributed by atoms with van der Waals surface area (Å²) in [6.45, 7) is 4.06. The molecule has 110 valence electrons. The number of aryl methyl sites for hydroxylation is 1. The normalized spacial score (nSPS) is 10.2. The number of benzene rings is 1. The number of nitrogens with zero attached hydrogens (tertiary/aromatic N) is 1. The lowest BCUT2D eigenvalue weighted by molar-refractivity contribution is 0.0527. The van der Waals surface area contributed by atoms with E-state index < -0.39 is 5.97 Å². The number of hydrogen-bond acceptors (Lipinski definition) is 5. The van der Waals surface area contributed by atoms with Gasteiger partial charge in [-0.15, -0.1) is 0 Å². The number of ether oxygens (including phenoxy) is 1. The molecule has 0 fully saturated rings. The second-order valence-corrected chi connectivity index (χ2v) is 5.32. The Morgan fingerprint density at radius 1 is 1.43 bits per heavy atom. The predicted molar refractivity (Wildman–Crippen MR) is 86.8 cm³/mol. The van der Waals surface area contributed by atoms with Crippen molar-refractivity contribution in [2.24, 2.45) is 0 Å². The van der Waals surface area contributed by atoms with Crippen LogP contribution in [0.15, 0.2) is 34.9 Å². The third kappa shape index (κ3) is 3.72. The minimum Gasteiger partial charge on any atom is -0.462 e. The standard InChI is InChI=1S/C15H16BrN3O2/c1-3-21-15(20)11-7-14(18-8-13(11)17)19-10-5-4-9(2)12(16)6-10/h4-8H,3,17H2,1-2H3,(H,18,19). The van der Waals surface area contributed by atoms with Crippen molar-refractivity contribution in [3.8, 4) is 0 Å². The smallest absolute Gasteiger partial charge is 0.340 e. The topological polar surface area (TPSA) is 77.2 Å². The fourth-order valence-electron chi connectivity index (χ4n) is 1.74. The Morgan fingerprint density at radius 3 is 2.86 bits per heavy atom. The molecule has 21 heavy (non-hydrogen) atoms. The van der Waals surface area contributed by atoms with Crippen LogP contribution in [0.3, 0.4) is 0 Å². The fourth-order valence-corrected chi connectivity index (χ4v) is 2.12. The summed E-state index contributed by atoms with van der Waals surface area (Å²) in [6, 6.07) is 7.44. The highest BCUT2D eigenvalue weighted by molar-refractivity contribution is 9.10. The van der Waals surface area contributed by atoms with Crippen LogP contribution < -0.4 is 11.1 Å². The van der Waals surface area contributed by atoms with Gasteiger partial charge in [0.2, 0.25) is 0 Å². The van der Waals surface area contributed by atoms with Crippen molar-refractivity contribution in [2.75, 3.05) is 17.7 Å². The number of rotatable bonds is 4. The zero-order valence-electron chi connectivity index (χ0n) is 11.8. The first kappa shape index (κ1) is 15.3. The van der Waals surface area contributed by atoms with E-state index in [1.807, 2.05) is 25.1 Å². The Balaban J connectivity index is 2.26. The molecule has 0 aliphatic carbocycles. The van der Waals surface area contributed by atoms with E-state index in [0.717, 1.165) is 15.7 Å². The lowest BCUT2D eigenvalue weighted by Crippen LogP contribution is -2.09. The number of nitrogens with two attached hydrogens (primary N) is 1. The number of nitrogen functional groups attached to an aromatic ring is 1. The monoisotopic (exact) mass is 349 g/mol. The molecule has 5 nitrogen and oxygen atoms in total. The minimum atomic E-state index is -0.453. The molecule has 0 aliphatic rings. The van der Waals surface area contributed by atoms with Crippen molar-refractivity contribution in [2.45, 2.75) is 13.8 Å². The van der Waals surface area contributed by atoms with E-state index in [1.165, 1.54) is 6.20 Å². The molecule has 0 amide bonds. The van der Waals surface area contributed by atoms with Gasteiger partial charge in [-0.05, 0) is 37.6 Å². The number of hydrogen-bond donors (Lipinski definition) is 2. The van der Waals surface area contributed by atoms with Crippen LogP contribution in [0, 0.1) is 6.92 Å². The van der Waals surface area contributed by atoms with Gasteiger partial charge in [0.05, 0.1) is 24.1 Å². The second-order valence-electron chi connectivity index (χ2n) is 4.47. The number of carbonyl (C=O) groups is 1. The van der Waals surface area contributed by atoms with E-state index >= 15 is 0 Å². The summed E-state index contributed by atoms with van der Waals surface area (Å²) in [4.78, 5) is 16.0. The van der Waals surface area contributed by atoms with Crippen LogP contribution in [-0.4, -0.2) is 17.6 Å². The average molecular weight is 350 g/mol. The number of esters is 1. The highest BCUT2D eigenvalue weighted by Gasteiger charge is 2.12. The summed E-state index contributed by atoms with van der Waals surface area (Å²) in [6.07, 6.45) is 1.44. The van der Waals surface area contributed by atoms with Crippen LogP contribution in [-0.2, 0) is 4.74 Å². The highest BCUT2D eigenvalue weighted by atomic mass is 79.9. The lowest BCUT2D eigenvalue weighted by Gasteiger charge is -2.10. The van der Waals surface area contributed by atoms with Gasteiger partial charge in [-0.1, -0.05) is 22.0 Å². The quantitative estimate of drug-likeness (QED) is 0.823. The molecular weight excluding hydrogens is 334 g/mol. The summed E-state index contributed by atoms with van der Waals surface area (Å²) < 4.78 is 5.96. The van der Waals surface area contributed by atoms with Crippen molar-refractivity contribution >= 4 is 39.1 Å². The predicted octanol–water partition coefficient (Wildman–Crippen LogP) is 3.66. The van der Waals surface area contributed by atoms with Crippen LogP contribution in [0.1, 0.15) is 22.8 Å². The Labute approximate surface area is 131 Å². The van der Waals surface area contributed by atoms with Gasteiger partial charge in [-0.25, -0.2) is 9.78 Å². The summed E-state index contributed by atoms with van der Waals surface area (Å²) >= 11 is 3.47. The summed E-state index contributed by atoms with van der Waals surface area (Å²) in [5.74, 6) is 0.0774. The third-order valence-electron chi connectivity index (χ3n) is 2.87. The first-order valence-corrected chi connectivity index (χ1v) is 7.26. The van der Waals surface area contributed by atoms with Crippen LogP contribution in [0.4, 0.5) is 17.2 Å².